The Morgan fingerprint density at radius 3 is 2.48 bits per heavy atom. The first kappa shape index (κ1) is 16.6. The molecule has 2 atom stereocenters. The van der Waals surface area contributed by atoms with E-state index < -0.39 is 9.05 Å². The van der Waals surface area contributed by atoms with Crippen molar-refractivity contribution in [2.45, 2.75) is 25.8 Å². The number of rotatable bonds is 5. The van der Waals surface area contributed by atoms with E-state index in [4.69, 9.17) is 22.3 Å². The van der Waals surface area contributed by atoms with Crippen molar-refractivity contribution in [1.29, 1.82) is 0 Å². The van der Waals surface area contributed by atoms with Crippen molar-refractivity contribution < 1.29 is 13.2 Å². The zero-order chi connectivity index (χ0) is 15.6. The molecule has 1 aliphatic rings. The molecule has 21 heavy (non-hydrogen) atoms. The van der Waals surface area contributed by atoms with E-state index in [-0.39, 0.29) is 30.0 Å². The molecule has 0 bridgehead atoms. The maximum atomic E-state index is 12.2. The average molecular weight is 350 g/mol. The Labute approximate surface area is 134 Å². The second-order valence-electron chi connectivity index (χ2n) is 5.30. The van der Waals surface area contributed by atoms with Crippen LogP contribution in [0, 0.1) is 5.92 Å². The molecule has 1 aliphatic heterocycles. The van der Waals surface area contributed by atoms with Crippen LogP contribution in [0.5, 0.6) is 0 Å². The summed E-state index contributed by atoms with van der Waals surface area (Å²) in [6.45, 7) is 2.42. The van der Waals surface area contributed by atoms with Gasteiger partial charge < -0.3 is 4.90 Å². The van der Waals surface area contributed by atoms with Gasteiger partial charge in [0.15, 0.2) is 0 Å². The fourth-order valence-corrected chi connectivity index (χ4v) is 4.27. The van der Waals surface area contributed by atoms with Gasteiger partial charge in [-0.1, -0.05) is 30.7 Å². The van der Waals surface area contributed by atoms with Crippen LogP contribution in [-0.4, -0.2) is 31.5 Å². The predicted octanol–water partition coefficient (Wildman–Crippen LogP) is 3.21. The summed E-state index contributed by atoms with van der Waals surface area (Å²) in [5.74, 6) is -0.420. The van der Waals surface area contributed by atoms with E-state index >= 15 is 0 Å². The summed E-state index contributed by atoms with van der Waals surface area (Å²) >= 11 is 5.88. The normalized spacial score (nSPS) is 20.8. The molecule has 1 aromatic rings. The van der Waals surface area contributed by atoms with E-state index in [1.165, 1.54) is 0 Å². The number of benzene rings is 1. The van der Waals surface area contributed by atoms with Gasteiger partial charge >= 0.3 is 0 Å². The van der Waals surface area contributed by atoms with Crippen molar-refractivity contribution >= 4 is 37.2 Å². The first-order chi connectivity index (χ1) is 9.80. The smallest absolute Gasteiger partial charge is 0.232 e. The molecule has 7 heteroatoms. The van der Waals surface area contributed by atoms with Gasteiger partial charge in [0.1, 0.15) is 0 Å². The molecule has 2 unspecified atom stereocenters. The van der Waals surface area contributed by atoms with Crippen LogP contribution in [0.25, 0.3) is 0 Å². The van der Waals surface area contributed by atoms with Gasteiger partial charge in [0.2, 0.25) is 15.0 Å². The maximum absolute atomic E-state index is 12.2. The molecule has 1 heterocycles. The van der Waals surface area contributed by atoms with E-state index in [1.54, 1.807) is 17.0 Å². The van der Waals surface area contributed by atoms with Crippen LogP contribution in [0.1, 0.15) is 31.4 Å². The fraction of sp³-hybridized carbons (Fsp3) is 0.500. The molecule has 0 radical (unpaired) electrons. The number of hydrogen-bond donors (Lipinski definition) is 0. The minimum Gasteiger partial charge on any atom is -0.335 e. The number of carbonyl (C=O) groups is 1. The minimum absolute atomic E-state index is 0.0258. The van der Waals surface area contributed by atoms with Gasteiger partial charge in [-0.2, -0.15) is 0 Å². The van der Waals surface area contributed by atoms with Gasteiger partial charge in [0.25, 0.3) is 0 Å². The summed E-state index contributed by atoms with van der Waals surface area (Å²) in [5, 5.41) is 0.646. The predicted molar refractivity (Wildman–Crippen MR) is 83.9 cm³/mol. The Hall–Kier alpha value is -0.780. The lowest BCUT2D eigenvalue weighted by molar-refractivity contribution is -0.129. The molecule has 1 saturated heterocycles. The second-order valence-corrected chi connectivity index (χ2v) is 8.56. The maximum Gasteiger partial charge on any atom is 0.232 e. The first-order valence-electron chi connectivity index (χ1n) is 6.77. The number of amides is 1. The lowest BCUT2D eigenvalue weighted by atomic mass is 10.0. The summed E-state index contributed by atoms with van der Waals surface area (Å²) in [5.41, 5.74) is 1.00. The van der Waals surface area contributed by atoms with Crippen LogP contribution >= 0.6 is 22.3 Å². The lowest BCUT2D eigenvalue weighted by Gasteiger charge is -2.27. The molecule has 116 valence electrons. The van der Waals surface area contributed by atoms with Crippen molar-refractivity contribution in [1.82, 2.24) is 4.90 Å². The Bertz CT molecular complexity index is 616. The Balaban J connectivity index is 2.15. The van der Waals surface area contributed by atoms with E-state index in [1.807, 2.05) is 19.1 Å². The second kappa shape index (κ2) is 6.55. The van der Waals surface area contributed by atoms with Crippen LogP contribution in [0.2, 0.25) is 5.02 Å². The molecule has 0 saturated carbocycles. The molecule has 1 amide bonds. The van der Waals surface area contributed by atoms with E-state index in [0.29, 0.717) is 11.6 Å². The highest BCUT2D eigenvalue weighted by atomic mass is 35.7. The van der Waals surface area contributed by atoms with Crippen molar-refractivity contribution in [2.24, 2.45) is 5.92 Å². The molecule has 2 rings (SSSR count). The van der Waals surface area contributed by atoms with E-state index in [0.717, 1.165) is 12.0 Å². The highest BCUT2D eigenvalue weighted by Crippen LogP contribution is 2.32. The third kappa shape index (κ3) is 4.34. The van der Waals surface area contributed by atoms with Crippen molar-refractivity contribution in [2.75, 3.05) is 12.3 Å². The summed E-state index contributed by atoms with van der Waals surface area (Å²) in [7, 11) is 1.70. The summed E-state index contributed by atoms with van der Waals surface area (Å²) in [4.78, 5) is 13.9. The fourth-order valence-electron chi connectivity index (χ4n) is 2.82. The Kier molecular flexibility index (Phi) is 5.17. The van der Waals surface area contributed by atoms with Gasteiger partial charge in [-0.05, 0) is 24.1 Å². The molecule has 0 spiro atoms. The van der Waals surface area contributed by atoms with Crippen LogP contribution in [-0.2, 0) is 13.8 Å². The highest BCUT2D eigenvalue weighted by molar-refractivity contribution is 8.13. The number of nitrogens with zero attached hydrogens (tertiary/aromatic N) is 1. The standard InChI is InChI=1S/C14H17Cl2NO3S/c1-2-13(11-3-5-12(15)6-4-11)17-8-10(7-14(17)18)9-21(16,19)20/h3-6,10,13H,2,7-9H2,1H3. The molecular weight excluding hydrogens is 333 g/mol. The van der Waals surface area contributed by atoms with Gasteiger partial charge in [-0.15, -0.1) is 0 Å². The topological polar surface area (TPSA) is 54.5 Å². The molecule has 1 aromatic carbocycles. The van der Waals surface area contributed by atoms with Gasteiger partial charge in [-0.25, -0.2) is 8.42 Å². The number of hydrogen-bond acceptors (Lipinski definition) is 3. The first-order valence-corrected chi connectivity index (χ1v) is 9.63. The van der Waals surface area contributed by atoms with Gasteiger partial charge in [0, 0.05) is 34.6 Å². The summed E-state index contributed by atoms with van der Waals surface area (Å²) in [6.07, 6.45) is 0.990. The monoisotopic (exact) mass is 349 g/mol. The molecule has 4 nitrogen and oxygen atoms in total. The molecule has 0 aromatic heterocycles. The van der Waals surface area contributed by atoms with Crippen molar-refractivity contribution in [3.05, 3.63) is 34.9 Å². The third-order valence-corrected chi connectivity index (χ3v) is 5.19. The van der Waals surface area contributed by atoms with Gasteiger partial charge in [0.05, 0.1) is 11.8 Å². The van der Waals surface area contributed by atoms with Crippen LogP contribution in [0.4, 0.5) is 0 Å². The number of likely N-dealkylation sites (tertiary alicyclic amines) is 1. The van der Waals surface area contributed by atoms with Crippen molar-refractivity contribution in [3.63, 3.8) is 0 Å². The Morgan fingerprint density at radius 1 is 1.33 bits per heavy atom. The largest absolute Gasteiger partial charge is 0.335 e. The van der Waals surface area contributed by atoms with Crippen LogP contribution in [0.15, 0.2) is 24.3 Å². The quantitative estimate of drug-likeness (QED) is 0.767. The summed E-state index contributed by atoms with van der Waals surface area (Å²) < 4.78 is 22.3. The lowest BCUT2D eigenvalue weighted by Crippen LogP contribution is -2.30. The molecule has 0 N–H and O–H groups in total. The van der Waals surface area contributed by atoms with E-state index in [9.17, 15) is 13.2 Å². The summed E-state index contributed by atoms with van der Waals surface area (Å²) in [6, 6.07) is 7.32. The molecule has 0 aliphatic carbocycles. The third-order valence-electron chi connectivity index (χ3n) is 3.69. The van der Waals surface area contributed by atoms with Crippen molar-refractivity contribution in [3.8, 4) is 0 Å². The zero-order valence-corrected chi connectivity index (χ0v) is 14.0. The number of halogens is 2. The SMILES string of the molecule is CCC(c1ccc(Cl)cc1)N1CC(CS(=O)(=O)Cl)CC1=O. The van der Waals surface area contributed by atoms with E-state index in [2.05, 4.69) is 0 Å². The zero-order valence-electron chi connectivity index (χ0n) is 11.6. The minimum atomic E-state index is -3.58. The van der Waals surface area contributed by atoms with Gasteiger partial charge in [-0.3, -0.25) is 4.79 Å². The van der Waals surface area contributed by atoms with Crippen LogP contribution in [0.3, 0.4) is 0 Å². The Morgan fingerprint density at radius 2 is 1.95 bits per heavy atom. The molecule has 1 fully saturated rings. The molecular formula is C14H17Cl2NO3S. The highest BCUT2D eigenvalue weighted by Gasteiger charge is 2.36. The average Bonchev–Trinajstić information content (AvgIpc) is 2.71. The number of carbonyl (C=O) groups excluding carboxylic acids is 1. The van der Waals surface area contributed by atoms with Crippen LogP contribution < -0.4 is 0 Å².